The predicted molar refractivity (Wildman–Crippen MR) is 220 cm³/mol. The van der Waals surface area contributed by atoms with Crippen molar-refractivity contribution in [2.45, 2.75) is 179 Å². The van der Waals surface area contributed by atoms with Gasteiger partial charge in [0.25, 0.3) is 0 Å². The normalized spacial score (nSPS) is 21.4. The third-order valence-electron chi connectivity index (χ3n) is 9.12. The summed E-state index contributed by atoms with van der Waals surface area (Å²) in [6.45, 7) is 3.76. The van der Waals surface area contributed by atoms with Crippen LogP contribution in [-0.4, -0.2) is 97.5 Å². The van der Waals surface area contributed by atoms with Crippen molar-refractivity contribution in [2.75, 3.05) is 26.4 Å². The fourth-order valence-corrected chi connectivity index (χ4v) is 6.46. The molecule has 1 aliphatic rings. The van der Waals surface area contributed by atoms with Crippen LogP contribution in [0.3, 0.4) is 0 Å². The molecule has 0 bridgehead atoms. The number of allylic oxidation sites excluding steroid dienone is 10. The molecule has 0 aromatic rings. The van der Waals surface area contributed by atoms with Crippen LogP contribution in [0, 0.1) is 0 Å². The molecular formula is C43H74O12S. The highest BCUT2D eigenvalue weighted by Crippen LogP contribution is 2.26. The van der Waals surface area contributed by atoms with Crippen LogP contribution < -0.4 is 0 Å². The third kappa shape index (κ3) is 28.2. The summed E-state index contributed by atoms with van der Waals surface area (Å²) in [4.78, 5) is 12.8. The van der Waals surface area contributed by atoms with Crippen molar-refractivity contribution < 1.29 is 56.2 Å². The summed E-state index contributed by atoms with van der Waals surface area (Å²) < 4.78 is 58.9. The van der Waals surface area contributed by atoms with Crippen LogP contribution in [0.5, 0.6) is 0 Å². The van der Waals surface area contributed by atoms with E-state index in [1.165, 1.54) is 38.5 Å². The van der Waals surface area contributed by atoms with Crippen LogP contribution in [0.1, 0.15) is 142 Å². The Kier molecular flexibility index (Phi) is 32.2. The number of unbranched alkanes of at least 4 members (excludes halogenated alkanes) is 12. The number of aliphatic hydroxyl groups excluding tert-OH is 3. The number of hydrogen-bond acceptors (Lipinski definition) is 11. The minimum atomic E-state index is -5.07. The maximum absolute atomic E-state index is 12.8. The van der Waals surface area contributed by atoms with Gasteiger partial charge in [0.1, 0.15) is 30.5 Å². The minimum Gasteiger partial charge on any atom is -0.457 e. The molecule has 1 heterocycles. The smallest absolute Gasteiger partial charge is 0.397 e. The van der Waals surface area contributed by atoms with Crippen LogP contribution >= 0.6 is 0 Å². The van der Waals surface area contributed by atoms with Crippen molar-refractivity contribution >= 4 is 16.4 Å². The summed E-state index contributed by atoms with van der Waals surface area (Å²) in [6, 6.07) is 0. The van der Waals surface area contributed by atoms with E-state index in [4.69, 9.17) is 23.5 Å². The van der Waals surface area contributed by atoms with Gasteiger partial charge in [0.05, 0.1) is 19.8 Å². The first-order chi connectivity index (χ1) is 27.1. The number of rotatable bonds is 35. The fraction of sp³-hybridized carbons (Fsp3) is 0.744. The molecule has 6 atom stereocenters. The summed E-state index contributed by atoms with van der Waals surface area (Å²) in [7, 11) is -5.07. The Balaban J connectivity index is 2.50. The van der Waals surface area contributed by atoms with Gasteiger partial charge in [0.15, 0.2) is 6.29 Å². The molecule has 0 saturated carbocycles. The Morgan fingerprint density at radius 2 is 1.23 bits per heavy atom. The van der Waals surface area contributed by atoms with Crippen molar-refractivity contribution in [3.63, 3.8) is 0 Å². The van der Waals surface area contributed by atoms with Gasteiger partial charge in [0.2, 0.25) is 0 Å². The number of aliphatic hydroxyl groups is 3. The van der Waals surface area contributed by atoms with E-state index in [9.17, 15) is 28.5 Å². The number of carbonyl (C=O) groups is 1. The molecule has 0 amide bonds. The predicted octanol–water partition coefficient (Wildman–Crippen LogP) is 8.18. The lowest BCUT2D eigenvalue weighted by molar-refractivity contribution is -0.301. The monoisotopic (exact) mass is 814 g/mol. The van der Waals surface area contributed by atoms with E-state index < -0.39 is 59.8 Å². The Morgan fingerprint density at radius 1 is 0.696 bits per heavy atom. The molecule has 1 saturated heterocycles. The highest BCUT2D eigenvalue weighted by Gasteiger charge is 2.48. The molecule has 56 heavy (non-hydrogen) atoms. The molecule has 0 aromatic heterocycles. The van der Waals surface area contributed by atoms with E-state index >= 15 is 0 Å². The summed E-state index contributed by atoms with van der Waals surface area (Å²) >= 11 is 0. The van der Waals surface area contributed by atoms with Crippen LogP contribution in [0.25, 0.3) is 0 Å². The first-order valence-corrected chi connectivity index (χ1v) is 22.4. The van der Waals surface area contributed by atoms with Gasteiger partial charge in [-0.25, -0.2) is 4.18 Å². The molecular weight excluding hydrogens is 741 g/mol. The van der Waals surface area contributed by atoms with Crippen LogP contribution in [-0.2, 0) is 38.3 Å². The zero-order valence-corrected chi connectivity index (χ0v) is 35.0. The second kappa shape index (κ2) is 34.8. The Bertz CT molecular complexity index is 1220. The Hall–Kier alpha value is -2.20. The lowest BCUT2D eigenvalue weighted by Gasteiger charge is -2.41. The zero-order chi connectivity index (χ0) is 41.1. The molecule has 4 N–H and O–H groups in total. The van der Waals surface area contributed by atoms with Crippen molar-refractivity contribution in [2.24, 2.45) is 0 Å². The molecule has 0 spiro atoms. The topological polar surface area (TPSA) is 178 Å². The minimum absolute atomic E-state index is 0.0138. The van der Waals surface area contributed by atoms with E-state index in [-0.39, 0.29) is 19.6 Å². The number of carbonyl (C=O) groups excluding carboxylic acids is 1. The lowest BCUT2D eigenvalue weighted by atomic mass is 9.99. The quantitative estimate of drug-likeness (QED) is 0.0209. The van der Waals surface area contributed by atoms with E-state index in [2.05, 4.69) is 78.8 Å². The second-order valence-electron chi connectivity index (χ2n) is 14.2. The van der Waals surface area contributed by atoms with Crippen molar-refractivity contribution in [3.8, 4) is 0 Å². The Labute approximate surface area is 338 Å². The maximum atomic E-state index is 12.8. The highest BCUT2D eigenvalue weighted by atomic mass is 32.3. The second-order valence-corrected chi connectivity index (χ2v) is 15.2. The zero-order valence-electron chi connectivity index (χ0n) is 34.2. The molecule has 0 aromatic carbocycles. The van der Waals surface area contributed by atoms with Gasteiger partial charge in [0, 0.05) is 13.0 Å². The van der Waals surface area contributed by atoms with E-state index in [1.54, 1.807) is 0 Å². The summed E-state index contributed by atoms with van der Waals surface area (Å²) in [6.07, 6.45) is 32.6. The molecule has 324 valence electrons. The number of ether oxygens (including phenoxy) is 4. The molecule has 0 radical (unpaired) electrons. The van der Waals surface area contributed by atoms with Crippen molar-refractivity contribution in [1.29, 1.82) is 0 Å². The standard InChI is InChI=1S/C43H74O12S/c1-3-5-7-9-11-13-15-17-18-19-21-23-25-27-29-31-33-51-35-37(36-52-43-41(47)42(55-56(48,49)50)40(46)38(34-44)54-43)53-39(45)32-30-28-26-24-22-20-16-14-12-10-8-6-4-2/h6,8,11-14,17-18,20,22,37-38,40-44,46-47H,3-5,7,9-10,15-16,19,21,23-36H2,1-2H3,(H,48,49,50)/b8-6-,13-11-,14-12-,18-17-,22-20-. The van der Waals surface area contributed by atoms with Crippen molar-refractivity contribution in [3.05, 3.63) is 60.8 Å². The van der Waals surface area contributed by atoms with E-state index in [1.807, 2.05) is 0 Å². The van der Waals surface area contributed by atoms with Crippen LogP contribution in [0.4, 0.5) is 0 Å². The molecule has 13 heteroatoms. The first-order valence-electron chi connectivity index (χ1n) is 21.0. The molecule has 6 unspecified atom stereocenters. The van der Waals surface area contributed by atoms with Gasteiger partial charge in [-0.3, -0.25) is 9.35 Å². The van der Waals surface area contributed by atoms with Gasteiger partial charge in [-0.15, -0.1) is 0 Å². The van der Waals surface area contributed by atoms with Crippen LogP contribution in [0.2, 0.25) is 0 Å². The van der Waals surface area contributed by atoms with E-state index in [0.717, 1.165) is 77.0 Å². The summed E-state index contributed by atoms with van der Waals surface area (Å²) in [5.74, 6) is -0.435. The lowest BCUT2D eigenvalue weighted by Crippen LogP contribution is -2.60. The summed E-state index contributed by atoms with van der Waals surface area (Å²) in [5.41, 5.74) is 0. The fourth-order valence-electron chi connectivity index (χ4n) is 5.95. The molecule has 12 nitrogen and oxygen atoms in total. The average Bonchev–Trinajstić information content (AvgIpc) is 3.17. The molecule has 1 fully saturated rings. The highest BCUT2D eigenvalue weighted by molar-refractivity contribution is 7.80. The van der Waals surface area contributed by atoms with Gasteiger partial charge < -0.3 is 34.3 Å². The third-order valence-corrected chi connectivity index (χ3v) is 9.59. The van der Waals surface area contributed by atoms with Gasteiger partial charge >= 0.3 is 16.4 Å². The molecule has 1 aliphatic heterocycles. The van der Waals surface area contributed by atoms with Gasteiger partial charge in [-0.2, -0.15) is 8.42 Å². The van der Waals surface area contributed by atoms with Gasteiger partial charge in [-0.1, -0.05) is 120 Å². The number of hydrogen-bond donors (Lipinski definition) is 4. The number of esters is 1. The van der Waals surface area contributed by atoms with E-state index in [0.29, 0.717) is 13.0 Å². The largest absolute Gasteiger partial charge is 0.457 e. The average molecular weight is 815 g/mol. The van der Waals surface area contributed by atoms with Gasteiger partial charge in [-0.05, 0) is 77.0 Å². The SMILES string of the molecule is CC/C=C\C/C=C\C/C=C\CCCCCC(=O)OC(COCCCCCCCC/C=C\C/C=C\CCCCC)COC1OC(CO)C(O)C(OS(=O)(=O)O)C1O. The van der Waals surface area contributed by atoms with Crippen LogP contribution in [0.15, 0.2) is 60.8 Å². The first kappa shape index (κ1) is 51.8. The summed E-state index contributed by atoms with van der Waals surface area (Å²) in [5, 5.41) is 30.6. The molecule has 1 rings (SSSR count). The van der Waals surface area contributed by atoms with Crippen molar-refractivity contribution in [1.82, 2.24) is 0 Å². The molecule has 0 aliphatic carbocycles. The maximum Gasteiger partial charge on any atom is 0.397 e. The Morgan fingerprint density at radius 3 is 1.80 bits per heavy atom.